The fourth-order valence-corrected chi connectivity index (χ4v) is 2.02. The minimum atomic E-state index is -0.592. The molecule has 0 fully saturated rings. The topological polar surface area (TPSA) is 66.6 Å². The number of carbonyl (C=O) groups is 1. The lowest BCUT2D eigenvalue weighted by Gasteiger charge is -1.89. The van der Waals surface area contributed by atoms with Gasteiger partial charge in [-0.15, -0.1) is 11.3 Å². The Kier molecular flexibility index (Phi) is 1.98. The number of hydrogen-bond donors (Lipinski definition) is 0. The SMILES string of the molecule is Cc1nccc2nc(C(=O)C#N)sc12. The smallest absolute Gasteiger partial charge is 0.274 e. The van der Waals surface area contributed by atoms with Crippen molar-refractivity contribution < 1.29 is 4.79 Å². The van der Waals surface area contributed by atoms with Gasteiger partial charge in [0.1, 0.15) is 6.07 Å². The average Bonchev–Trinajstić information content (AvgIpc) is 2.62. The van der Waals surface area contributed by atoms with Gasteiger partial charge in [-0.3, -0.25) is 9.78 Å². The highest BCUT2D eigenvalue weighted by molar-refractivity contribution is 7.20. The van der Waals surface area contributed by atoms with Crippen LogP contribution in [0.4, 0.5) is 0 Å². The van der Waals surface area contributed by atoms with Crippen LogP contribution in [-0.2, 0) is 0 Å². The monoisotopic (exact) mass is 203 g/mol. The number of pyridine rings is 1. The zero-order valence-corrected chi connectivity index (χ0v) is 8.13. The number of carbonyl (C=O) groups excluding carboxylic acids is 1. The maximum absolute atomic E-state index is 11.1. The molecule has 2 aromatic heterocycles. The Morgan fingerprint density at radius 1 is 1.64 bits per heavy atom. The van der Waals surface area contributed by atoms with E-state index in [4.69, 9.17) is 5.26 Å². The first-order valence-corrected chi connectivity index (χ1v) is 4.70. The van der Waals surface area contributed by atoms with Gasteiger partial charge in [0.05, 0.1) is 15.9 Å². The first-order valence-electron chi connectivity index (χ1n) is 3.89. The fraction of sp³-hybridized carbons (Fsp3) is 0.111. The summed E-state index contributed by atoms with van der Waals surface area (Å²) in [5.74, 6) is -0.592. The molecule has 68 valence electrons. The van der Waals surface area contributed by atoms with Gasteiger partial charge in [-0.2, -0.15) is 5.26 Å². The van der Waals surface area contributed by atoms with E-state index < -0.39 is 5.78 Å². The molecule has 0 atom stereocenters. The van der Waals surface area contributed by atoms with Crippen LogP contribution in [0.25, 0.3) is 10.2 Å². The zero-order valence-electron chi connectivity index (χ0n) is 7.31. The van der Waals surface area contributed by atoms with Crippen LogP contribution < -0.4 is 0 Å². The van der Waals surface area contributed by atoms with E-state index in [2.05, 4.69) is 9.97 Å². The number of nitriles is 1. The molecule has 5 heteroatoms. The predicted molar refractivity (Wildman–Crippen MR) is 52.1 cm³/mol. The van der Waals surface area contributed by atoms with E-state index in [0.717, 1.165) is 15.9 Å². The minimum Gasteiger partial charge on any atom is -0.274 e. The van der Waals surface area contributed by atoms with Crippen LogP contribution in [0.3, 0.4) is 0 Å². The third-order valence-corrected chi connectivity index (χ3v) is 2.96. The van der Waals surface area contributed by atoms with Crippen molar-refractivity contribution in [2.75, 3.05) is 0 Å². The molecular weight excluding hydrogens is 198 g/mol. The molecule has 2 heterocycles. The molecule has 14 heavy (non-hydrogen) atoms. The van der Waals surface area contributed by atoms with Crippen LogP contribution >= 0.6 is 11.3 Å². The van der Waals surface area contributed by atoms with Crippen molar-refractivity contribution in [3.8, 4) is 6.07 Å². The summed E-state index contributed by atoms with van der Waals surface area (Å²) in [7, 11) is 0. The number of hydrogen-bond acceptors (Lipinski definition) is 5. The fourth-order valence-electron chi connectivity index (χ4n) is 1.13. The lowest BCUT2D eigenvalue weighted by molar-refractivity contribution is 0.105. The van der Waals surface area contributed by atoms with Gasteiger partial charge in [0.2, 0.25) is 0 Å². The standard InChI is InChI=1S/C9H5N3OS/c1-5-8-6(2-3-11-5)12-9(14-8)7(13)4-10/h2-3H,1H3. The molecule has 4 nitrogen and oxygen atoms in total. The Bertz CT molecular complexity index is 553. The number of thiazole rings is 1. The zero-order chi connectivity index (χ0) is 10.1. The quantitative estimate of drug-likeness (QED) is 0.522. The van der Waals surface area contributed by atoms with E-state index in [-0.39, 0.29) is 5.01 Å². The van der Waals surface area contributed by atoms with Crippen LogP contribution in [0.15, 0.2) is 12.3 Å². The van der Waals surface area contributed by atoms with Crippen molar-refractivity contribution in [3.63, 3.8) is 0 Å². The Morgan fingerprint density at radius 2 is 2.43 bits per heavy atom. The Labute approximate surface area is 83.8 Å². The van der Waals surface area contributed by atoms with Crippen LogP contribution in [0, 0.1) is 18.3 Å². The number of fused-ring (bicyclic) bond motifs is 1. The maximum atomic E-state index is 11.1. The third-order valence-electron chi connectivity index (χ3n) is 1.78. The van der Waals surface area contributed by atoms with E-state index in [1.165, 1.54) is 11.3 Å². The lowest BCUT2D eigenvalue weighted by atomic mass is 10.3. The normalized spacial score (nSPS) is 10.0. The highest BCUT2D eigenvalue weighted by atomic mass is 32.1. The van der Waals surface area contributed by atoms with Crippen LogP contribution in [0.2, 0.25) is 0 Å². The molecule has 0 aromatic carbocycles. The van der Waals surface area contributed by atoms with Crippen molar-refractivity contribution >= 4 is 27.3 Å². The summed E-state index contributed by atoms with van der Waals surface area (Å²) in [4.78, 5) is 19.2. The second kappa shape index (κ2) is 3.16. The van der Waals surface area contributed by atoms with Gasteiger partial charge in [-0.1, -0.05) is 0 Å². The first kappa shape index (κ1) is 8.78. The predicted octanol–water partition coefficient (Wildman–Crippen LogP) is 1.71. The first-order chi connectivity index (χ1) is 6.72. The number of aromatic nitrogens is 2. The van der Waals surface area contributed by atoms with Gasteiger partial charge < -0.3 is 0 Å². The average molecular weight is 203 g/mol. The van der Waals surface area contributed by atoms with E-state index in [9.17, 15) is 4.79 Å². The van der Waals surface area contributed by atoms with Crippen molar-refractivity contribution in [3.05, 3.63) is 23.0 Å². The summed E-state index contributed by atoms with van der Waals surface area (Å²) < 4.78 is 0.867. The molecule has 0 radical (unpaired) electrons. The molecule has 2 rings (SSSR count). The molecule has 2 aromatic rings. The molecule has 0 aliphatic rings. The molecule has 0 aliphatic carbocycles. The molecule has 0 unspecified atom stereocenters. The van der Waals surface area contributed by atoms with Crippen LogP contribution in [-0.4, -0.2) is 15.8 Å². The maximum Gasteiger partial charge on any atom is 0.290 e. The van der Waals surface area contributed by atoms with E-state index in [1.54, 1.807) is 18.3 Å². The Balaban J connectivity index is 2.70. The number of rotatable bonds is 1. The van der Waals surface area contributed by atoms with Gasteiger partial charge in [0.15, 0.2) is 5.01 Å². The second-order valence-corrected chi connectivity index (χ2v) is 3.70. The number of aryl methyl sites for hydroxylation is 1. The molecule has 0 N–H and O–H groups in total. The number of Topliss-reactive ketones (excluding diaryl/α,β-unsaturated/α-hetero) is 1. The summed E-state index contributed by atoms with van der Waals surface area (Å²) in [5.41, 5.74) is 1.55. The lowest BCUT2D eigenvalue weighted by Crippen LogP contribution is -1.91. The highest BCUT2D eigenvalue weighted by Crippen LogP contribution is 2.23. The van der Waals surface area contributed by atoms with Crippen LogP contribution in [0.1, 0.15) is 15.5 Å². The van der Waals surface area contributed by atoms with Gasteiger partial charge in [0, 0.05) is 6.20 Å². The highest BCUT2D eigenvalue weighted by Gasteiger charge is 2.12. The van der Waals surface area contributed by atoms with Gasteiger partial charge in [-0.05, 0) is 13.0 Å². The Morgan fingerprint density at radius 3 is 3.07 bits per heavy atom. The summed E-state index contributed by atoms with van der Waals surface area (Å²) in [5, 5.41) is 8.67. The summed E-state index contributed by atoms with van der Waals surface area (Å²) in [6.07, 6.45) is 1.64. The molecule has 0 amide bonds. The molecule has 0 saturated heterocycles. The third kappa shape index (κ3) is 1.26. The summed E-state index contributed by atoms with van der Waals surface area (Å²) in [6, 6.07) is 3.28. The van der Waals surface area contributed by atoms with Crippen molar-refractivity contribution in [1.29, 1.82) is 5.26 Å². The molecule has 0 saturated carbocycles. The van der Waals surface area contributed by atoms with Gasteiger partial charge in [0.25, 0.3) is 5.78 Å². The summed E-state index contributed by atoms with van der Waals surface area (Å²) in [6.45, 7) is 1.85. The van der Waals surface area contributed by atoms with E-state index in [0.29, 0.717) is 0 Å². The largest absolute Gasteiger partial charge is 0.290 e. The van der Waals surface area contributed by atoms with Gasteiger partial charge >= 0.3 is 0 Å². The van der Waals surface area contributed by atoms with E-state index >= 15 is 0 Å². The number of ketones is 1. The van der Waals surface area contributed by atoms with Gasteiger partial charge in [-0.25, -0.2) is 4.98 Å². The molecule has 0 bridgehead atoms. The second-order valence-electron chi connectivity index (χ2n) is 2.70. The van der Waals surface area contributed by atoms with Crippen molar-refractivity contribution in [2.24, 2.45) is 0 Å². The van der Waals surface area contributed by atoms with Crippen LogP contribution in [0.5, 0.6) is 0 Å². The number of nitrogens with zero attached hydrogens (tertiary/aromatic N) is 3. The van der Waals surface area contributed by atoms with Crippen molar-refractivity contribution in [1.82, 2.24) is 9.97 Å². The minimum absolute atomic E-state index is 0.235. The summed E-state index contributed by atoms with van der Waals surface area (Å²) >= 11 is 1.21. The Hall–Kier alpha value is -1.80. The molecular formula is C9H5N3OS. The van der Waals surface area contributed by atoms with E-state index in [1.807, 2.05) is 6.92 Å². The molecule has 0 aliphatic heterocycles. The van der Waals surface area contributed by atoms with Crippen molar-refractivity contribution in [2.45, 2.75) is 6.92 Å². The molecule has 0 spiro atoms.